The molecule has 1 fully saturated rings. The van der Waals surface area contributed by atoms with Crippen molar-refractivity contribution in [2.75, 3.05) is 23.4 Å². The molecule has 2 heterocycles. The van der Waals surface area contributed by atoms with Crippen LogP contribution in [0.15, 0.2) is 42.5 Å². The van der Waals surface area contributed by atoms with Gasteiger partial charge < -0.3 is 15.0 Å². The molecule has 1 aliphatic rings. The number of nitrogens with one attached hydrogen (secondary N) is 1. The van der Waals surface area contributed by atoms with Gasteiger partial charge in [-0.25, -0.2) is 0 Å². The van der Waals surface area contributed by atoms with Gasteiger partial charge in [-0.1, -0.05) is 25.1 Å². The minimum Gasteiger partial charge on any atom is -0.455 e. The topological polar surface area (TPSA) is 101 Å². The summed E-state index contributed by atoms with van der Waals surface area (Å²) in [4.78, 5) is 38.5. The van der Waals surface area contributed by atoms with E-state index in [0.717, 1.165) is 23.8 Å². The van der Waals surface area contributed by atoms with Crippen molar-refractivity contribution < 1.29 is 19.1 Å². The quantitative estimate of drug-likeness (QED) is 0.611. The lowest BCUT2D eigenvalue weighted by Crippen LogP contribution is -2.28. The van der Waals surface area contributed by atoms with Gasteiger partial charge in [-0.05, 0) is 36.2 Å². The molecule has 1 N–H and O–H groups in total. The molecular formula is C21H20N4O4S. The monoisotopic (exact) mass is 424 g/mol. The van der Waals surface area contributed by atoms with Gasteiger partial charge in [-0.3, -0.25) is 14.4 Å². The summed E-state index contributed by atoms with van der Waals surface area (Å²) in [5.74, 6) is -1.75. The second kappa shape index (κ2) is 8.58. The van der Waals surface area contributed by atoms with E-state index in [1.807, 2.05) is 24.3 Å². The molecule has 1 saturated heterocycles. The zero-order chi connectivity index (χ0) is 21.1. The van der Waals surface area contributed by atoms with Crippen molar-refractivity contribution >= 4 is 51.9 Å². The summed E-state index contributed by atoms with van der Waals surface area (Å²) >= 11 is 1.06. The number of esters is 1. The second-order valence-electron chi connectivity index (χ2n) is 7.02. The molecule has 1 aliphatic heterocycles. The van der Waals surface area contributed by atoms with Gasteiger partial charge in [0.25, 0.3) is 5.91 Å². The molecule has 0 radical (unpaired) electrons. The number of ether oxygens (including phenoxy) is 1. The first-order valence-electron chi connectivity index (χ1n) is 9.62. The van der Waals surface area contributed by atoms with Gasteiger partial charge in [0.1, 0.15) is 11.0 Å². The van der Waals surface area contributed by atoms with E-state index in [1.54, 1.807) is 23.1 Å². The lowest BCUT2D eigenvalue weighted by molar-refractivity contribution is -0.151. The number of fused-ring (bicyclic) bond motifs is 1. The Morgan fingerprint density at radius 2 is 2.00 bits per heavy atom. The Morgan fingerprint density at radius 3 is 2.77 bits per heavy atom. The molecule has 2 amide bonds. The van der Waals surface area contributed by atoms with E-state index in [4.69, 9.17) is 4.74 Å². The third kappa shape index (κ3) is 4.16. The van der Waals surface area contributed by atoms with Crippen LogP contribution in [0.3, 0.4) is 0 Å². The molecule has 9 heteroatoms. The van der Waals surface area contributed by atoms with E-state index in [0.29, 0.717) is 16.7 Å². The summed E-state index contributed by atoms with van der Waals surface area (Å²) in [7, 11) is 0. The van der Waals surface area contributed by atoms with E-state index in [-0.39, 0.29) is 18.9 Å². The highest BCUT2D eigenvalue weighted by molar-refractivity contribution is 7.00. The average molecular weight is 424 g/mol. The minimum absolute atomic E-state index is 0.0692. The van der Waals surface area contributed by atoms with Crippen molar-refractivity contribution in [1.29, 1.82) is 0 Å². The molecule has 1 aromatic heterocycles. The number of hydrogen-bond acceptors (Lipinski definition) is 7. The van der Waals surface area contributed by atoms with Crippen molar-refractivity contribution in [2.45, 2.75) is 19.8 Å². The van der Waals surface area contributed by atoms with Gasteiger partial charge in [0.15, 0.2) is 6.61 Å². The first kappa shape index (κ1) is 20.0. The van der Waals surface area contributed by atoms with Crippen LogP contribution in [-0.2, 0) is 25.5 Å². The number of benzene rings is 2. The highest BCUT2D eigenvalue weighted by Gasteiger charge is 2.36. The van der Waals surface area contributed by atoms with Crippen LogP contribution in [0.4, 0.5) is 11.4 Å². The molecule has 1 atom stereocenters. The van der Waals surface area contributed by atoms with Gasteiger partial charge >= 0.3 is 5.97 Å². The van der Waals surface area contributed by atoms with Crippen LogP contribution in [-0.4, -0.2) is 39.7 Å². The second-order valence-corrected chi connectivity index (χ2v) is 7.55. The number of carbonyl (C=O) groups excluding carboxylic acids is 3. The summed E-state index contributed by atoms with van der Waals surface area (Å²) in [5, 5.41) is 2.68. The first-order valence-corrected chi connectivity index (χ1v) is 10.3. The van der Waals surface area contributed by atoms with Gasteiger partial charge in [0.2, 0.25) is 5.91 Å². The van der Waals surface area contributed by atoms with Crippen molar-refractivity contribution in [1.82, 2.24) is 8.75 Å². The van der Waals surface area contributed by atoms with Crippen molar-refractivity contribution in [3.63, 3.8) is 0 Å². The number of nitrogens with zero attached hydrogens (tertiary/aromatic N) is 3. The zero-order valence-electron chi connectivity index (χ0n) is 16.3. The molecule has 8 nitrogen and oxygen atoms in total. The largest absolute Gasteiger partial charge is 0.455 e. The number of rotatable bonds is 6. The van der Waals surface area contributed by atoms with Crippen LogP contribution in [0.25, 0.3) is 11.0 Å². The third-order valence-electron chi connectivity index (χ3n) is 5.02. The van der Waals surface area contributed by atoms with E-state index < -0.39 is 24.4 Å². The fourth-order valence-corrected chi connectivity index (χ4v) is 3.92. The molecule has 154 valence electrons. The molecule has 0 spiro atoms. The molecular weight excluding hydrogens is 404 g/mol. The Morgan fingerprint density at radius 1 is 1.20 bits per heavy atom. The molecule has 0 unspecified atom stereocenters. The minimum atomic E-state index is -0.595. The van der Waals surface area contributed by atoms with Crippen molar-refractivity contribution in [3.05, 3.63) is 48.0 Å². The number of aromatic nitrogens is 2. The van der Waals surface area contributed by atoms with Gasteiger partial charge in [-0.2, -0.15) is 8.75 Å². The lowest BCUT2D eigenvalue weighted by Gasteiger charge is -2.17. The van der Waals surface area contributed by atoms with Crippen molar-refractivity contribution in [3.8, 4) is 0 Å². The SMILES string of the molecule is CCc1ccc(N2C[C@H](C(=O)OCC(=O)Nc3cccc4nsnc34)CC2=O)cc1. The van der Waals surface area contributed by atoms with Gasteiger partial charge in [0, 0.05) is 18.7 Å². The first-order chi connectivity index (χ1) is 14.5. The highest BCUT2D eigenvalue weighted by Crippen LogP contribution is 2.26. The Labute approximate surface area is 177 Å². The van der Waals surface area contributed by atoms with E-state index in [2.05, 4.69) is 21.0 Å². The summed E-state index contributed by atoms with van der Waals surface area (Å²) in [5.41, 5.74) is 3.73. The van der Waals surface area contributed by atoms with E-state index in [1.165, 1.54) is 5.56 Å². The van der Waals surface area contributed by atoms with Crippen LogP contribution in [0.5, 0.6) is 0 Å². The van der Waals surface area contributed by atoms with Gasteiger partial charge in [0.05, 0.1) is 23.3 Å². The maximum absolute atomic E-state index is 12.4. The fraction of sp³-hybridized carbons (Fsp3) is 0.286. The normalized spacial score (nSPS) is 16.1. The molecule has 30 heavy (non-hydrogen) atoms. The zero-order valence-corrected chi connectivity index (χ0v) is 17.1. The summed E-state index contributed by atoms with van der Waals surface area (Å²) in [6, 6.07) is 13.0. The number of anilines is 2. The summed E-state index contributed by atoms with van der Waals surface area (Å²) < 4.78 is 13.4. The smallest absolute Gasteiger partial charge is 0.311 e. The number of hydrogen-bond donors (Lipinski definition) is 1. The molecule has 2 aromatic carbocycles. The number of aryl methyl sites for hydroxylation is 1. The molecule has 4 rings (SSSR count). The Bertz CT molecular complexity index is 1100. The van der Waals surface area contributed by atoms with E-state index in [9.17, 15) is 14.4 Å². The van der Waals surface area contributed by atoms with Crippen LogP contribution < -0.4 is 10.2 Å². The van der Waals surface area contributed by atoms with Crippen molar-refractivity contribution in [2.24, 2.45) is 5.92 Å². The predicted octanol–water partition coefficient (Wildman–Crippen LogP) is 2.79. The molecule has 0 saturated carbocycles. The third-order valence-corrected chi connectivity index (χ3v) is 5.56. The number of carbonyl (C=O) groups is 3. The molecule has 0 bridgehead atoms. The standard InChI is InChI=1S/C21H20N4O4S/c1-2-13-6-8-15(9-7-13)25-11-14(10-19(25)27)21(28)29-12-18(26)22-16-4-3-5-17-20(16)24-30-23-17/h3-9,14H,2,10-12H2,1H3,(H,22,26)/t14-/m1/s1. The predicted molar refractivity (Wildman–Crippen MR) is 113 cm³/mol. The summed E-state index contributed by atoms with van der Waals surface area (Å²) in [6.45, 7) is 1.88. The maximum atomic E-state index is 12.4. The van der Waals surface area contributed by atoms with Gasteiger partial charge in [-0.15, -0.1) is 0 Å². The average Bonchev–Trinajstić information content (AvgIpc) is 3.39. The molecule has 3 aromatic rings. The van der Waals surface area contributed by atoms with Crippen LogP contribution in [0.1, 0.15) is 18.9 Å². The van der Waals surface area contributed by atoms with Crippen LogP contribution >= 0.6 is 11.7 Å². The Hall–Kier alpha value is -3.33. The Balaban J connectivity index is 1.32. The highest BCUT2D eigenvalue weighted by atomic mass is 32.1. The number of amides is 2. The van der Waals surface area contributed by atoms with Crippen LogP contribution in [0, 0.1) is 5.92 Å². The maximum Gasteiger partial charge on any atom is 0.311 e. The summed E-state index contributed by atoms with van der Waals surface area (Å²) in [6.07, 6.45) is 0.985. The van der Waals surface area contributed by atoms with Crippen LogP contribution in [0.2, 0.25) is 0 Å². The Kier molecular flexibility index (Phi) is 5.71. The molecule has 0 aliphatic carbocycles. The lowest BCUT2D eigenvalue weighted by atomic mass is 10.1. The van der Waals surface area contributed by atoms with E-state index >= 15 is 0 Å². The fourth-order valence-electron chi connectivity index (χ4n) is 3.37.